The average molecular weight is 335 g/mol. The summed E-state index contributed by atoms with van der Waals surface area (Å²) in [5.41, 5.74) is 0.276. The Morgan fingerprint density at radius 2 is 2.11 bits per heavy atom. The summed E-state index contributed by atoms with van der Waals surface area (Å²) in [6.07, 6.45) is 1.85. The van der Waals surface area contributed by atoms with Crippen LogP contribution in [0.1, 0.15) is 30.1 Å². The summed E-state index contributed by atoms with van der Waals surface area (Å²) in [5, 5.41) is 7.77. The Balaban J connectivity index is 2.95. The molecular weight excluding hydrogens is 320 g/mol. The van der Waals surface area contributed by atoms with Gasteiger partial charge in [0, 0.05) is 16.6 Å². The third-order valence-corrected chi connectivity index (χ3v) is 4.22. The fourth-order valence-corrected chi connectivity index (χ4v) is 2.90. The third-order valence-electron chi connectivity index (χ3n) is 2.32. The Kier molecular flexibility index (Phi) is 5.30. The maximum absolute atomic E-state index is 11.7. The first-order valence-electron chi connectivity index (χ1n) is 5.46. The molecule has 0 aliphatic carbocycles. The van der Waals surface area contributed by atoms with Gasteiger partial charge in [0.25, 0.3) is 5.91 Å². The lowest BCUT2D eigenvalue weighted by Crippen LogP contribution is -2.25. The van der Waals surface area contributed by atoms with Crippen LogP contribution in [0, 0.1) is 0 Å². The van der Waals surface area contributed by atoms with Crippen molar-refractivity contribution in [3.63, 3.8) is 0 Å². The van der Waals surface area contributed by atoms with E-state index in [4.69, 9.17) is 5.14 Å². The predicted octanol–water partition coefficient (Wildman–Crippen LogP) is 1.63. The molecule has 0 aliphatic rings. The summed E-state index contributed by atoms with van der Waals surface area (Å²) in [7, 11) is -3.84. The second-order valence-corrected chi connectivity index (χ2v) is 6.18. The molecule has 7 heteroatoms. The molecule has 0 saturated carbocycles. The van der Waals surface area contributed by atoms with E-state index < -0.39 is 10.0 Å². The standard InChI is InChI=1S/C11H15BrN2O3S/c1-2-3-6-14-11(15)8-4-5-9(12)10(7-8)18(13,16)17/h4-5,7H,2-3,6H2,1H3,(H,14,15)(H2,13,16,17). The number of hydrogen-bond donors (Lipinski definition) is 2. The number of primary sulfonamides is 1. The van der Waals surface area contributed by atoms with Crippen molar-refractivity contribution in [3.05, 3.63) is 28.2 Å². The van der Waals surface area contributed by atoms with Crippen LogP contribution < -0.4 is 10.5 Å². The summed E-state index contributed by atoms with van der Waals surface area (Å²) in [5.74, 6) is -0.305. The van der Waals surface area contributed by atoms with Crippen molar-refractivity contribution in [2.24, 2.45) is 5.14 Å². The van der Waals surface area contributed by atoms with E-state index in [9.17, 15) is 13.2 Å². The van der Waals surface area contributed by atoms with Crippen LogP contribution in [0.4, 0.5) is 0 Å². The lowest BCUT2D eigenvalue weighted by Gasteiger charge is -2.07. The molecule has 0 bridgehead atoms. The number of nitrogens with two attached hydrogens (primary N) is 1. The Bertz CT molecular complexity index is 543. The highest BCUT2D eigenvalue weighted by Gasteiger charge is 2.15. The monoisotopic (exact) mass is 334 g/mol. The van der Waals surface area contributed by atoms with Gasteiger partial charge in [0.2, 0.25) is 10.0 Å². The molecule has 18 heavy (non-hydrogen) atoms. The van der Waals surface area contributed by atoms with Gasteiger partial charge in [0.1, 0.15) is 0 Å². The number of nitrogens with one attached hydrogen (secondary N) is 1. The van der Waals surface area contributed by atoms with E-state index in [0.717, 1.165) is 12.8 Å². The molecular formula is C11H15BrN2O3S. The van der Waals surface area contributed by atoms with Crippen molar-refractivity contribution in [2.45, 2.75) is 24.7 Å². The number of rotatable bonds is 5. The van der Waals surface area contributed by atoms with Gasteiger partial charge in [-0.25, -0.2) is 13.6 Å². The van der Waals surface area contributed by atoms with Crippen molar-refractivity contribution in [3.8, 4) is 0 Å². The van der Waals surface area contributed by atoms with E-state index in [-0.39, 0.29) is 16.4 Å². The van der Waals surface area contributed by atoms with Gasteiger partial charge >= 0.3 is 0 Å². The van der Waals surface area contributed by atoms with Gasteiger partial charge in [-0.3, -0.25) is 4.79 Å². The second kappa shape index (κ2) is 6.31. The van der Waals surface area contributed by atoms with Gasteiger partial charge in [0.15, 0.2) is 0 Å². The number of carbonyl (C=O) groups excluding carboxylic acids is 1. The van der Waals surface area contributed by atoms with Crippen molar-refractivity contribution >= 4 is 31.9 Å². The maximum atomic E-state index is 11.7. The minimum absolute atomic E-state index is 0.0920. The highest BCUT2D eigenvalue weighted by Crippen LogP contribution is 2.22. The molecule has 5 nitrogen and oxygen atoms in total. The first-order chi connectivity index (χ1) is 8.36. The van der Waals surface area contributed by atoms with Crippen LogP contribution >= 0.6 is 15.9 Å². The highest BCUT2D eigenvalue weighted by molar-refractivity contribution is 9.10. The van der Waals surface area contributed by atoms with Gasteiger partial charge in [0.05, 0.1) is 4.90 Å². The van der Waals surface area contributed by atoms with E-state index in [1.165, 1.54) is 12.1 Å². The van der Waals surface area contributed by atoms with Crippen molar-refractivity contribution in [1.82, 2.24) is 5.32 Å². The zero-order chi connectivity index (χ0) is 13.8. The number of benzene rings is 1. The number of halogens is 1. The van der Waals surface area contributed by atoms with Gasteiger partial charge in [-0.2, -0.15) is 0 Å². The van der Waals surface area contributed by atoms with Crippen LogP contribution in [0.2, 0.25) is 0 Å². The zero-order valence-corrected chi connectivity index (χ0v) is 12.3. The fourth-order valence-electron chi connectivity index (χ4n) is 1.34. The van der Waals surface area contributed by atoms with E-state index in [2.05, 4.69) is 21.2 Å². The molecule has 1 aromatic carbocycles. The van der Waals surface area contributed by atoms with Gasteiger partial charge < -0.3 is 5.32 Å². The van der Waals surface area contributed by atoms with Crippen LogP contribution in [0.25, 0.3) is 0 Å². The van der Waals surface area contributed by atoms with Gasteiger partial charge in [-0.15, -0.1) is 0 Å². The third kappa shape index (κ3) is 4.08. The lowest BCUT2D eigenvalue weighted by atomic mass is 10.2. The molecule has 100 valence electrons. The number of sulfonamides is 1. The Hall–Kier alpha value is -0.920. The van der Waals surface area contributed by atoms with Crippen LogP contribution in [-0.4, -0.2) is 20.9 Å². The smallest absolute Gasteiger partial charge is 0.251 e. The summed E-state index contributed by atoms with van der Waals surface area (Å²) in [6, 6.07) is 4.30. The van der Waals surface area contributed by atoms with Crippen LogP contribution in [0.5, 0.6) is 0 Å². The van der Waals surface area contributed by atoms with Gasteiger partial charge in [-0.1, -0.05) is 13.3 Å². The molecule has 0 aromatic heterocycles. The molecule has 0 radical (unpaired) electrons. The molecule has 1 aromatic rings. The van der Waals surface area contributed by atoms with E-state index >= 15 is 0 Å². The van der Waals surface area contributed by atoms with Crippen molar-refractivity contribution in [1.29, 1.82) is 0 Å². The minimum atomic E-state index is -3.84. The molecule has 0 heterocycles. The molecule has 0 atom stereocenters. The number of carbonyl (C=O) groups is 1. The molecule has 0 aliphatic heterocycles. The number of unbranched alkanes of at least 4 members (excludes halogenated alkanes) is 1. The molecule has 0 spiro atoms. The first kappa shape index (κ1) is 15.1. The molecule has 1 amide bonds. The van der Waals surface area contributed by atoms with Crippen LogP contribution in [-0.2, 0) is 10.0 Å². The Morgan fingerprint density at radius 3 is 2.67 bits per heavy atom. The summed E-state index contributed by atoms with van der Waals surface area (Å²) in [6.45, 7) is 2.58. The van der Waals surface area contributed by atoms with Crippen molar-refractivity contribution in [2.75, 3.05) is 6.54 Å². The molecule has 3 N–H and O–H groups in total. The van der Waals surface area contributed by atoms with Crippen molar-refractivity contribution < 1.29 is 13.2 Å². The first-order valence-corrected chi connectivity index (χ1v) is 7.80. The van der Waals surface area contributed by atoms with E-state index in [0.29, 0.717) is 11.0 Å². The molecule has 1 rings (SSSR count). The molecule has 0 fully saturated rings. The maximum Gasteiger partial charge on any atom is 0.251 e. The Labute approximate surface area is 115 Å². The Morgan fingerprint density at radius 1 is 1.44 bits per heavy atom. The van der Waals surface area contributed by atoms with Crippen LogP contribution in [0.15, 0.2) is 27.6 Å². The normalized spacial score (nSPS) is 11.3. The number of amides is 1. The highest BCUT2D eigenvalue weighted by atomic mass is 79.9. The second-order valence-electron chi connectivity index (χ2n) is 3.80. The van der Waals surface area contributed by atoms with E-state index in [1.807, 2.05) is 6.92 Å². The summed E-state index contributed by atoms with van der Waals surface area (Å²) < 4.78 is 23.0. The predicted molar refractivity (Wildman–Crippen MR) is 72.8 cm³/mol. The topological polar surface area (TPSA) is 89.3 Å². The van der Waals surface area contributed by atoms with Crippen LogP contribution in [0.3, 0.4) is 0 Å². The largest absolute Gasteiger partial charge is 0.352 e. The summed E-state index contributed by atoms with van der Waals surface area (Å²) >= 11 is 3.09. The van der Waals surface area contributed by atoms with E-state index in [1.54, 1.807) is 6.07 Å². The lowest BCUT2D eigenvalue weighted by molar-refractivity contribution is 0.0953. The SMILES string of the molecule is CCCCNC(=O)c1ccc(Br)c(S(N)(=O)=O)c1. The minimum Gasteiger partial charge on any atom is -0.352 e. The number of hydrogen-bond acceptors (Lipinski definition) is 3. The van der Waals surface area contributed by atoms with Gasteiger partial charge in [-0.05, 0) is 40.5 Å². The summed E-state index contributed by atoms with van der Waals surface area (Å²) in [4.78, 5) is 11.7. The fraction of sp³-hybridized carbons (Fsp3) is 0.364. The molecule has 0 unspecified atom stereocenters. The quantitative estimate of drug-likeness (QED) is 0.802. The molecule has 0 saturated heterocycles. The average Bonchev–Trinajstić information content (AvgIpc) is 2.28. The zero-order valence-electron chi connectivity index (χ0n) is 9.94.